The van der Waals surface area contributed by atoms with Crippen LogP contribution in [0.5, 0.6) is 5.75 Å². The third-order valence-electron chi connectivity index (χ3n) is 5.55. The van der Waals surface area contributed by atoms with E-state index in [-0.39, 0.29) is 35.0 Å². The van der Waals surface area contributed by atoms with Crippen LogP contribution in [0.2, 0.25) is 5.02 Å². The van der Waals surface area contributed by atoms with Crippen molar-refractivity contribution in [1.82, 2.24) is 9.80 Å². The van der Waals surface area contributed by atoms with Gasteiger partial charge in [0, 0.05) is 24.2 Å². The number of rotatable bonds is 6. The maximum absolute atomic E-state index is 12.8. The van der Waals surface area contributed by atoms with Gasteiger partial charge in [0.2, 0.25) is 5.91 Å². The highest BCUT2D eigenvalue weighted by Gasteiger charge is 2.32. The molecule has 1 unspecified atom stereocenters. The number of aliphatic imine (C=N–C) groups is 1. The Morgan fingerprint density at radius 3 is 2.71 bits per heavy atom. The number of alkyl halides is 3. The molecular formula is C23H23ClF3N5O2. The van der Waals surface area contributed by atoms with Crippen molar-refractivity contribution in [3.05, 3.63) is 47.5 Å². The fraction of sp³-hybridized carbons (Fsp3) is 0.391. The molecular weight excluding hydrogens is 471 g/mol. The molecule has 0 spiro atoms. The van der Waals surface area contributed by atoms with Gasteiger partial charge in [-0.1, -0.05) is 35.9 Å². The van der Waals surface area contributed by atoms with E-state index in [9.17, 15) is 18.0 Å². The maximum Gasteiger partial charge on any atom is 0.573 e. The van der Waals surface area contributed by atoms with Crippen molar-refractivity contribution in [3.63, 3.8) is 0 Å². The number of ether oxygens (including phenoxy) is 1. The lowest BCUT2D eigenvalue weighted by atomic mass is 10.0. The summed E-state index contributed by atoms with van der Waals surface area (Å²) in [6, 6.07) is 10.5. The van der Waals surface area contributed by atoms with E-state index < -0.39 is 6.36 Å². The minimum absolute atomic E-state index is 0.0216. The molecule has 0 aliphatic carbocycles. The van der Waals surface area contributed by atoms with Crippen LogP contribution in [0.1, 0.15) is 19.3 Å². The number of likely N-dealkylation sites (tertiary alicyclic amines) is 1. The van der Waals surface area contributed by atoms with Crippen molar-refractivity contribution < 1.29 is 22.7 Å². The molecule has 2 aliphatic heterocycles. The zero-order chi connectivity index (χ0) is 24.1. The number of halogens is 4. The fourth-order valence-electron chi connectivity index (χ4n) is 3.95. The highest BCUT2D eigenvalue weighted by Crippen LogP contribution is 2.38. The Balaban J connectivity index is 1.49. The maximum atomic E-state index is 12.8. The van der Waals surface area contributed by atoms with Crippen molar-refractivity contribution in [2.75, 3.05) is 26.2 Å². The van der Waals surface area contributed by atoms with Crippen LogP contribution in [0.15, 0.2) is 57.7 Å². The van der Waals surface area contributed by atoms with Crippen LogP contribution in [-0.2, 0) is 4.79 Å². The van der Waals surface area contributed by atoms with E-state index in [4.69, 9.17) is 11.6 Å². The van der Waals surface area contributed by atoms with Crippen LogP contribution < -0.4 is 4.74 Å². The highest BCUT2D eigenvalue weighted by atomic mass is 35.5. The second kappa shape index (κ2) is 10.4. The van der Waals surface area contributed by atoms with Gasteiger partial charge in [-0.2, -0.15) is 10.2 Å². The minimum atomic E-state index is -4.82. The Kier molecular flexibility index (Phi) is 7.35. The lowest BCUT2D eigenvalue weighted by molar-refractivity contribution is -0.274. The molecule has 2 aromatic carbocycles. The monoisotopic (exact) mass is 493 g/mol. The van der Waals surface area contributed by atoms with Gasteiger partial charge in [-0.3, -0.25) is 9.79 Å². The Morgan fingerprint density at radius 2 is 1.97 bits per heavy atom. The van der Waals surface area contributed by atoms with Crippen molar-refractivity contribution in [2.45, 2.75) is 31.8 Å². The SMILES string of the molecule is O=C(CN1C=NCC1)N1CCCCC1/N=N/c1ccc(-c2ccccc2OC(F)(F)F)c(Cl)c1. The number of amides is 1. The van der Waals surface area contributed by atoms with Crippen molar-refractivity contribution in [2.24, 2.45) is 15.2 Å². The molecule has 7 nitrogen and oxygen atoms in total. The van der Waals surface area contributed by atoms with Crippen LogP contribution in [0.25, 0.3) is 11.1 Å². The van der Waals surface area contributed by atoms with Crippen LogP contribution >= 0.6 is 11.6 Å². The number of piperidine rings is 1. The number of carbonyl (C=O) groups is 1. The summed E-state index contributed by atoms with van der Waals surface area (Å²) in [4.78, 5) is 20.5. The van der Waals surface area contributed by atoms with E-state index in [1.54, 1.807) is 29.4 Å². The lowest BCUT2D eigenvalue weighted by Crippen LogP contribution is -2.46. The second-order valence-electron chi connectivity index (χ2n) is 7.98. The van der Waals surface area contributed by atoms with Gasteiger partial charge in [0.15, 0.2) is 0 Å². The first-order valence-corrected chi connectivity index (χ1v) is 11.3. The van der Waals surface area contributed by atoms with E-state index >= 15 is 0 Å². The zero-order valence-electron chi connectivity index (χ0n) is 18.2. The molecule has 2 aliphatic rings. The average Bonchev–Trinajstić information content (AvgIpc) is 3.30. The molecule has 0 saturated carbocycles. The Hall–Kier alpha value is -3.14. The lowest BCUT2D eigenvalue weighted by Gasteiger charge is -2.33. The molecule has 0 N–H and O–H groups in total. The third kappa shape index (κ3) is 6.05. The summed E-state index contributed by atoms with van der Waals surface area (Å²) in [7, 11) is 0. The molecule has 180 valence electrons. The van der Waals surface area contributed by atoms with Crippen molar-refractivity contribution in [3.8, 4) is 16.9 Å². The normalized spacial score (nSPS) is 18.6. The molecule has 34 heavy (non-hydrogen) atoms. The fourth-order valence-corrected chi connectivity index (χ4v) is 4.22. The molecule has 1 saturated heterocycles. The third-order valence-corrected chi connectivity index (χ3v) is 5.87. The van der Waals surface area contributed by atoms with Gasteiger partial charge in [0.05, 0.1) is 30.1 Å². The second-order valence-corrected chi connectivity index (χ2v) is 8.39. The van der Waals surface area contributed by atoms with E-state index in [1.807, 2.05) is 4.90 Å². The quantitative estimate of drug-likeness (QED) is 0.487. The first kappa shape index (κ1) is 24.0. The largest absolute Gasteiger partial charge is 0.573 e. The van der Waals surface area contributed by atoms with Gasteiger partial charge in [-0.15, -0.1) is 13.2 Å². The predicted molar refractivity (Wildman–Crippen MR) is 122 cm³/mol. The van der Waals surface area contributed by atoms with Crippen LogP contribution in [-0.4, -0.2) is 60.8 Å². The number of benzene rings is 2. The van der Waals surface area contributed by atoms with Gasteiger partial charge < -0.3 is 14.5 Å². The van der Waals surface area contributed by atoms with Crippen molar-refractivity contribution in [1.29, 1.82) is 0 Å². The van der Waals surface area contributed by atoms with Gasteiger partial charge in [-0.05, 0) is 37.5 Å². The number of para-hydroxylation sites is 1. The van der Waals surface area contributed by atoms with Crippen LogP contribution in [0.4, 0.5) is 18.9 Å². The number of azo groups is 1. The van der Waals surface area contributed by atoms with Gasteiger partial charge in [0.25, 0.3) is 0 Å². The van der Waals surface area contributed by atoms with E-state index in [0.29, 0.717) is 30.8 Å². The summed E-state index contributed by atoms with van der Waals surface area (Å²) < 4.78 is 42.4. The number of carbonyl (C=O) groups excluding carboxylic acids is 1. The molecule has 2 aromatic rings. The summed E-state index contributed by atoms with van der Waals surface area (Å²) in [5.41, 5.74) is 1.03. The first-order chi connectivity index (χ1) is 16.3. The standard InChI is InChI=1S/C23H23ClF3N5O2/c24-19-13-16(8-9-17(19)18-5-1-2-6-20(18)34-23(25,26)27)29-30-21-7-3-4-11-32(21)22(33)14-31-12-10-28-15-31/h1-2,5-6,8-9,13,15,21H,3-4,7,10-12,14H2/b30-29+. The topological polar surface area (TPSA) is 69.9 Å². The Morgan fingerprint density at radius 1 is 1.15 bits per heavy atom. The summed E-state index contributed by atoms with van der Waals surface area (Å²) in [5.74, 6) is -0.364. The molecule has 1 fully saturated rings. The summed E-state index contributed by atoms with van der Waals surface area (Å²) in [5, 5.41) is 8.86. The summed E-state index contributed by atoms with van der Waals surface area (Å²) >= 11 is 6.38. The van der Waals surface area contributed by atoms with E-state index in [2.05, 4.69) is 20.0 Å². The van der Waals surface area contributed by atoms with E-state index in [1.165, 1.54) is 24.3 Å². The molecule has 0 radical (unpaired) electrons. The summed E-state index contributed by atoms with van der Waals surface area (Å²) in [6.07, 6.45) is -0.945. The molecule has 0 bridgehead atoms. The predicted octanol–water partition coefficient (Wildman–Crippen LogP) is 5.67. The van der Waals surface area contributed by atoms with E-state index in [0.717, 1.165) is 19.4 Å². The highest BCUT2D eigenvalue weighted by molar-refractivity contribution is 6.33. The van der Waals surface area contributed by atoms with Crippen LogP contribution in [0.3, 0.4) is 0 Å². The molecule has 0 aromatic heterocycles. The Labute approximate surface area is 199 Å². The van der Waals surface area contributed by atoms with Gasteiger partial charge in [-0.25, -0.2) is 0 Å². The molecule has 1 atom stereocenters. The smallest absolute Gasteiger partial charge is 0.405 e. The van der Waals surface area contributed by atoms with Gasteiger partial charge in [0.1, 0.15) is 11.9 Å². The van der Waals surface area contributed by atoms with Crippen molar-refractivity contribution >= 4 is 29.5 Å². The zero-order valence-corrected chi connectivity index (χ0v) is 19.0. The molecule has 2 heterocycles. The number of hydrogen-bond donors (Lipinski definition) is 0. The van der Waals surface area contributed by atoms with Crippen LogP contribution in [0, 0.1) is 0 Å². The molecule has 4 rings (SSSR count). The number of nitrogens with zero attached hydrogens (tertiary/aromatic N) is 5. The minimum Gasteiger partial charge on any atom is -0.405 e. The first-order valence-electron chi connectivity index (χ1n) is 10.9. The average molecular weight is 494 g/mol. The molecule has 1 amide bonds. The summed E-state index contributed by atoms with van der Waals surface area (Å²) in [6.45, 7) is 2.30. The molecule has 11 heteroatoms. The number of hydrogen-bond acceptors (Lipinski definition) is 6. The Bertz CT molecular complexity index is 1090. The van der Waals surface area contributed by atoms with Gasteiger partial charge >= 0.3 is 6.36 Å².